The van der Waals surface area contributed by atoms with Crippen LogP contribution in [0, 0.1) is 0 Å². The predicted molar refractivity (Wildman–Crippen MR) is 131 cm³/mol. The highest BCUT2D eigenvalue weighted by Crippen LogP contribution is 2.16. The van der Waals surface area contributed by atoms with Gasteiger partial charge in [0, 0.05) is 78.4 Å². The van der Waals surface area contributed by atoms with E-state index in [0.717, 1.165) is 61.6 Å². The molecule has 2 aromatic rings. The molecule has 2 heterocycles. The molecule has 32 heavy (non-hydrogen) atoms. The first-order valence-electron chi connectivity index (χ1n) is 11.0. The van der Waals surface area contributed by atoms with Crippen molar-refractivity contribution in [2.75, 3.05) is 66.3 Å². The fourth-order valence-electron chi connectivity index (χ4n) is 3.57. The molecule has 0 saturated carbocycles. The van der Waals surface area contributed by atoms with Crippen LogP contribution in [0.25, 0.3) is 0 Å². The Morgan fingerprint density at radius 1 is 1.16 bits per heavy atom. The lowest BCUT2D eigenvalue weighted by molar-refractivity contribution is 0.171. The molecule has 1 aromatic carbocycles. The zero-order valence-corrected chi connectivity index (χ0v) is 19.6. The van der Waals surface area contributed by atoms with Gasteiger partial charge in [-0.1, -0.05) is 12.1 Å². The van der Waals surface area contributed by atoms with Crippen LogP contribution in [-0.4, -0.2) is 86.6 Å². The highest BCUT2D eigenvalue weighted by atomic mass is 16.5. The quantitative estimate of drug-likeness (QED) is 0.485. The molecule has 0 atom stereocenters. The number of piperazine rings is 1. The van der Waals surface area contributed by atoms with E-state index in [2.05, 4.69) is 47.5 Å². The molecule has 8 heteroatoms. The van der Waals surface area contributed by atoms with Crippen molar-refractivity contribution in [3.63, 3.8) is 0 Å². The van der Waals surface area contributed by atoms with Crippen LogP contribution >= 0.6 is 0 Å². The number of methoxy groups -OCH3 is 1. The number of benzene rings is 1. The third-order valence-electron chi connectivity index (χ3n) is 5.39. The van der Waals surface area contributed by atoms with Crippen molar-refractivity contribution in [1.29, 1.82) is 0 Å². The number of nitrogens with one attached hydrogen (secondary N) is 2. The maximum atomic E-state index is 5.29. The van der Waals surface area contributed by atoms with Gasteiger partial charge in [0.2, 0.25) is 0 Å². The number of nitrogens with zero attached hydrogens (tertiary/aromatic N) is 5. The summed E-state index contributed by atoms with van der Waals surface area (Å²) in [5.41, 5.74) is 2.14. The maximum absolute atomic E-state index is 5.29. The minimum Gasteiger partial charge on any atom is -0.497 e. The number of rotatable bonds is 8. The molecular weight excluding hydrogens is 402 g/mol. The summed E-state index contributed by atoms with van der Waals surface area (Å²) in [6, 6.07) is 14.0. The minimum atomic E-state index is 0.683. The van der Waals surface area contributed by atoms with Crippen LogP contribution in [-0.2, 0) is 6.54 Å². The molecule has 172 valence electrons. The van der Waals surface area contributed by atoms with Crippen molar-refractivity contribution in [3.05, 3.63) is 66.3 Å². The van der Waals surface area contributed by atoms with Gasteiger partial charge >= 0.3 is 0 Å². The van der Waals surface area contributed by atoms with Gasteiger partial charge in [-0.15, -0.1) is 0 Å². The van der Waals surface area contributed by atoms with Crippen molar-refractivity contribution in [2.45, 2.75) is 6.54 Å². The molecular formula is C24H35N7O. The summed E-state index contributed by atoms with van der Waals surface area (Å²) in [5.74, 6) is 2.73. The summed E-state index contributed by atoms with van der Waals surface area (Å²) >= 11 is 0. The molecule has 0 spiro atoms. The minimum absolute atomic E-state index is 0.683. The second-order valence-electron chi connectivity index (χ2n) is 7.85. The summed E-state index contributed by atoms with van der Waals surface area (Å²) in [6.07, 6.45) is 3.98. The maximum Gasteiger partial charge on any atom is 0.199 e. The van der Waals surface area contributed by atoms with Crippen LogP contribution in [0.1, 0.15) is 5.69 Å². The summed E-state index contributed by atoms with van der Waals surface area (Å²) in [7, 11) is 7.58. The molecule has 1 aromatic heterocycles. The average molecular weight is 438 g/mol. The van der Waals surface area contributed by atoms with Gasteiger partial charge in [0.1, 0.15) is 11.6 Å². The third kappa shape index (κ3) is 6.88. The van der Waals surface area contributed by atoms with Gasteiger partial charge in [-0.05, 0) is 30.3 Å². The molecule has 3 rings (SSSR count). The molecule has 0 unspecified atom stereocenters. The normalized spacial score (nSPS) is 15.4. The van der Waals surface area contributed by atoms with Crippen LogP contribution in [0.15, 0.2) is 65.6 Å². The van der Waals surface area contributed by atoms with Gasteiger partial charge in [-0.25, -0.2) is 0 Å². The number of aromatic nitrogens is 1. The van der Waals surface area contributed by atoms with Gasteiger partial charge in [-0.2, -0.15) is 0 Å². The second-order valence-corrected chi connectivity index (χ2v) is 7.85. The lowest BCUT2D eigenvalue weighted by Gasteiger charge is -2.37. The highest BCUT2D eigenvalue weighted by Gasteiger charge is 2.20. The van der Waals surface area contributed by atoms with E-state index < -0.39 is 0 Å². The van der Waals surface area contributed by atoms with Crippen LogP contribution in [0.2, 0.25) is 0 Å². The van der Waals surface area contributed by atoms with Crippen LogP contribution in [0.3, 0.4) is 0 Å². The summed E-state index contributed by atoms with van der Waals surface area (Å²) in [6.45, 7) is 5.39. The Morgan fingerprint density at radius 2 is 1.97 bits per heavy atom. The molecule has 0 amide bonds. The fourth-order valence-corrected chi connectivity index (χ4v) is 3.57. The number of guanidine groups is 1. The molecule has 8 nitrogen and oxygen atoms in total. The Kier molecular flexibility index (Phi) is 8.74. The number of ether oxygens (including phenoxy) is 1. The van der Waals surface area contributed by atoms with E-state index in [1.165, 1.54) is 0 Å². The second kappa shape index (κ2) is 12.0. The van der Waals surface area contributed by atoms with E-state index in [0.29, 0.717) is 6.54 Å². The molecule has 1 aliphatic heterocycles. The van der Waals surface area contributed by atoms with Crippen LogP contribution < -0.4 is 15.4 Å². The first-order valence-corrected chi connectivity index (χ1v) is 11.0. The number of hydrogen-bond acceptors (Lipinski definition) is 6. The molecule has 1 aliphatic rings. The predicted octanol–water partition coefficient (Wildman–Crippen LogP) is 2.30. The van der Waals surface area contributed by atoms with E-state index in [9.17, 15) is 0 Å². The Bertz CT molecular complexity index is 890. The van der Waals surface area contributed by atoms with E-state index >= 15 is 0 Å². The largest absolute Gasteiger partial charge is 0.497 e. The highest BCUT2D eigenvalue weighted by molar-refractivity contribution is 5.81. The zero-order valence-electron chi connectivity index (χ0n) is 19.6. The SMILES string of the molecule is CN=C(N/C(=C\CNc1cccc(OC)c1)N(C)C)N1CCN(Cc2ccccn2)CC1. The summed E-state index contributed by atoms with van der Waals surface area (Å²) < 4.78 is 5.29. The first kappa shape index (κ1) is 23.4. The molecule has 0 bridgehead atoms. The van der Waals surface area contributed by atoms with Crippen molar-refractivity contribution < 1.29 is 4.74 Å². The summed E-state index contributed by atoms with van der Waals surface area (Å²) in [4.78, 5) is 15.8. The third-order valence-corrected chi connectivity index (χ3v) is 5.39. The number of pyridine rings is 1. The Balaban J connectivity index is 1.53. The van der Waals surface area contributed by atoms with E-state index in [1.54, 1.807) is 7.11 Å². The van der Waals surface area contributed by atoms with Crippen molar-refractivity contribution in [3.8, 4) is 5.75 Å². The monoisotopic (exact) mass is 437 g/mol. The van der Waals surface area contributed by atoms with Crippen molar-refractivity contribution in [2.24, 2.45) is 4.99 Å². The molecule has 1 saturated heterocycles. The average Bonchev–Trinajstić information content (AvgIpc) is 2.82. The van der Waals surface area contributed by atoms with Gasteiger partial charge in [0.05, 0.1) is 12.8 Å². The topological polar surface area (TPSA) is 68.3 Å². The molecule has 1 fully saturated rings. The Labute approximate surface area is 191 Å². The van der Waals surface area contributed by atoms with Crippen molar-refractivity contribution in [1.82, 2.24) is 25.0 Å². The first-order chi connectivity index (χ1) is 15.6. The van der Waals surface area contributed by atoms with E-state index in [1.807, 2.05) is 63.7 Å². The van der Waals surface area contributed by atoms with E-state index in [-0.39, 0.29) is 0 Å². The lowest BCUT2D eigenvalue weighted by Crippen LogP contribution is -2.52. The zero-order chi connectivity index (χ0) is 22.8. The smallest absolute Gasteiger partial charge is 0.199 e. The standard InChI is InChI=1S/C24H35N7O/c1-25-24(31-16-14-30(15-17-31)19-21-8-5-6-12-26-21)28-23(29(2)3)11-13-27-20-9-7-10-22(18-20)32-4/h5-12,18,27H,13-17,19H2,1-4H3,(H,25,28)/b23-11+. The number of hydrogen-bond donors (Lipinski definition) is 2. The molecule has 0 radical (unpaired) electrons. The van der Waals surface area contributed by atoms with Gasteiger partial charge in [-0.3, -0.25) is 14.9 Å². The Hall–Kier alpha value is -3.26. The molecule has 2 N–H and O–H groups in total. The van der Waals surface area contributed by atoms with Crippen LogP contribution in [0.5, 0.6) is 5.75 Å². The van der Waals surface area contributed by atoms with Gasteiger partial charge in [0.15, 0.2) is 5.96 Å². The van der Waals surface area contributed by atoms with E-state index in [4.69, 9.17) is 4.74 Å². The van der Waals surface area contributed by atoms with Gasteiger partial charge < -0.3 is 25.2 Å². The van der Waals surface area contributed by atoms with Gasteiger partial charge in [0.25, 0.3) is 0 Å². The number of anilines is 1. The van der Waals surface area contributed by atoms with Crippen LogP contribution in [0.4, 0.5) is 5.69 Å². The molecule has 0 aliphatic carbocycles. The lowest BCUT2D eigenvalue weighted by atomic mass is 10.2. The number of aliphatic imine (C=N–C) groups is 1. The van der Waals surface area contributed by atoms with Crippen molar-refractivity contribution >= 4 is 11.6 Å². The summed E-state index contributed by atoms with van der Waals surface area (Å²) in [5, 5.41) is 6.93. The Morgan fingerprint density at radius 3 is 2.62 bits per heavy atom. The fraction of sp³-hybridized carbons (Fsp3) is 0.417.